The predicted octanol–water partition coefficient (Wildman–Crippen LogP) is 4.94. The molecule has 7 nitrogen and oxygen atoms in total. The second kappa shape index (κ2) is 9.83. The summed E-state index contributed by atoms with van der Waals surface area (Å²) >= 11 is 0. The number of ether oxygens (including phenoxy) is 2. The third-order valence-electron chi connectivity index (χ3n) is 3.41. The molecule has 2 aromatic carbocycles. The lowest BCUT2D eigenvalue weighted by molar-refractivity contribution is -0.384. The topological polar surface area (TPSA) is 90.7 Å². The van der Waals surface area contributed by atoms with Crippen molar-refractivity contribution in [3.05, 3.63) is 71.3 Å². The van der Waals surface area contributed by atoms with Crippen molar-refractivity contribution in [2.75, 3.05) is 11.9 Å². The van der Waals surface area contributed by atoms with Gasteiger partial charge in [0.2, 0.25) is 0 Å². The van der Waals surface area contributed by atoms with Crippen LogP contribution in [0.15, 0.2) is 61.2 Å². The fourth-order valence-corrected chi connectivity index (χ4v) is 2.13. The van der Waals surface area contributed by atoms with E-state index >= 15 is 0 Å². The standard InChI is InChI=1S/C19H20N2O5/c1-2-3-4-5-13-25-18-8-6-7-15(14-18)20-19(22)26-17-11-9-16(10-12-17)21(23)24/h2,6-12,14H,1,3-5,13H2,(H,20,22). The van der Waals surface area contributed by atoms with Crippen molar-refractivity contribution in [2.45, 2.75) is 19.3 Å². The fraction of sp³-hybridized carbons (Fsp3) is 0.211. The molecule has 0 atom stereocenters. The molecule has 0 heterocycles. The van der Waals surface area contributed by atoms with Gasteiger partial charge in [0.15, 0.2) is 0 Å². The smallest absolute Gasteiger partial charge is 0.417 e. The maximum atomic E-state index is 11.9. The number of hydrogen-bond donors (Lipinski definition) is 1. The van der Waals surface area contributed by atoms with E-state index in [1.807, 2.05) is 6.08 Å². The molecule has 0 aliphatic carbocycles. The number of benzene rings is 2. The molecule has 1 N–H and O–H groups in total. The molecule has 0 unspecified atom stereocenters. The maximum Gasteiger partial charge on any atom is 0.417 e. The summed E-state index contributed by atoms with van der Waals surface area (Å²) in [6.45, 7) is 4.26. The van der Waals surface area contributed by atoms with Crippen molar-refractivity contribution in [2.24, 2.45) is 0 Å². The Morgan fingerprint density at radius 3 is 2.62 bits per heavy atom. The Hall–Kier alpha value is -3.35. The molecule has 0 saturated carbocycles. The van der Waals surface area contributed by atoms with Gasteiger partial charge in [-0.1, -0.05) is 12.1 Å². The average molecular weight is 356 g/mol. The lowest BCUT2D eigenvalue weighted by Crippen LogP contribution is -2.16. The maximum absolute atomic E-state index is 11.9. The summed E-state index contributed by atoms with van der Waals surface area (Å²) in [6.07, 6.45) is 4.08. The van der Waals surface area contributed by atoms with Crippen LogP contribution in [0, 0.1) is 10.1 Å². The van der Waals surface area contributed by atoms with Crippen LogP contribution >= 0.6 is 0 Å². The Morgan fingerprint density at radius 1 is 1.15 bits per heavy atom. The summed E-state index contributed by atoms with van der Waals surface area (Å²) in [7, 11) is 0. The first-order valence-electron chi connectivity index (χ1n) is 8.15. The number of nitro groups is 1. The molecule has 0 aliphatic rings. The number of allylic oxidation sites excluding steroid dienone is 1. The van der Waals surface area contributed by atoms with Gasteiger partial charge in [0.1, 0.15) is 11.5 Å². The van der Waals surface area contributed by atoms with Crippen LogP contribution in [0.3, 0.4) is 0 Å². The molecule has 0 radical (unpaired) electrons. The van der Waals surface area contributed by atoms with Gasteiger partial charge in [-0.25, -0.2) is 4.79 Å². The quantitative estimate of drug-likeness (QED) is 0.297. The first-order chi connectivity index (χ1) is 12.6. The molecule has 136 valence electrons. The number of nitro benzene ring substituents is 1. The Labute approximate surface area is 151 Å². The molecule has 0 saturated heterocycles. The third-order valence-corrected chi connectivity index (χ3v) is 3.41. The number of rotatable bonds is 9. The van der Waals surface area contributed by atoms with E-state index in [0.717, 1.165) is 19.3 Å². The number of carbonyl (C=O) groups is 1. The number of nitrogens with zero attached hydrogens (tertiary/aromatic N) is 1. The summed E-state index contributed by atoms with van der Waals surface area (Å²) in [6, 6.07) is 12.2. The minimum Gasteiger partial charge on any atom is -0.494 e. The molecule has 1 amide bonds. The first-order valence-corrected chi connectivity index (χ1v) is 8.15. The normalized spacial score (nSPS) is 10.0. The van der Waals surface area contributed by atoms with Crippen LogP contribution in [0.4, 0.5) is 16.2 Å². The molecule has 0 aromatic heterocycles. The minimum absolute atomic E-state index is 0.0734. The number of nitrogens with one attached hydrogen (secondary N) is 1. The van der Waals surface area contributed by atoms with Crippen molar-refractivity contribution >= 4 is 17.5 Å². The van der Waals surface area contributed by atoms with Gasteiger partial charge >= 0.3 is 6.09 Å². The third kappa shape index (κ3) is 6.27. The van der Waals surface area contributed by atoms with Crippen LogP contribution in [-0.4, -0.2) is 17.6 Å². The van der Waals surface area contributed by atoms with Crippen molar-refractivity contribution in [1.82, 2.24) is 0 Å². The van der Waals surface area contributed by atoms with E-state index in [1.54, 1.807) is 24.3 Å². The predicted molar refractivity (Wildman–Crippen MR) is 98.7 cm³/mol. The van der Waals surface area contributed by atoms with E-state index < -0.39 is 11.0 Å². The van der Waals surface area contributed by atoms with Crippen molar-refractivity contribution in [3.8, 4) is 11.5 Å². The van der Waals surface area contributed by atoms with Gasteiger partial charge in [-0.05, 0) is 43.5 Å². The molecular weight excluding hydrogens is 336 g/mol. The van der Waals surface area contributed by atoms with Gasteiger partial charge in [0.05, 0.1) is 11.5 Å². The molecule has 2 rings (SSSR count). The lowest BCUT2D eigenvalue weighted by atomic mass is 10.2. The van der Waals surface area contributed by atoms with E-state index in [9.17, 15) is 14.9 Å². The molecule has 0 spiro atoms. The van der Waals surface area contributed by atoms with Gasteiger partial charge in [-0.15, -0.1) is 6.58 Å². The van der Waals surface area contributed by atoms with Crippen LogP contribution in [0.2, 0.25) is 0 Å². The molecule has 0 bridgehead atoms. The Morgan fingerprint density at radius 2 is 1.92 bits per heavy atom. The largest absolute Gasteiger partial charge is 0.494 e. The van der Waals surface area contributed by atoms with Crippen molar-refractivity contribution in [1.29, 1.82) is 0 Å². The molecule has 26 heavy (non-hydrogen) atoms. The zero-order valence-corrected chi connectivity index (χ0v) is 14.2. The van der Waals surface area contributed by atoms with Gasteiger partial charge in [0, 0.05) is 23.9 Å². The molecule has 2 aromatic rings. The number of unbranched alkanes of at least 4 members (excludes halogenated alkanes) is 2. The van der Waals surface area contributed by atoms with Crippen LogP contribution in [-0.2, 0) is 0 Å². The van der Waals surface area contributed by atoms with Gasteiger partial charge in [0.25, 0.3) is 5.69 Å². The fourth-order valence-electron chi connectivity index (χ4n) is 2.13. The highest BCUT2D eigenvalue weighted by Crippen LogP contribution is 2.20. The van der Waals surface area contributed by atoms with E-state index in [-0.39, 0.29) is 11.4 Å². The molecule has 7 heteroatoms. The zero-order valence-electron chi connectivity index (χ0n) is 14.2. The average Bonchev–Trinajstić information content (AvgIpc) is 2.62. The summed E-state index contributed by atoms with van der Waals surface area (Å²) in [5, 5.41) is 13.2. The van der Waals surface area contributed by atoms with Crippen LogP contribution in [0.5, 0.6) is 11.5 Å². The van der Waals surface area contributed by atoms with E-state index in [1.165, 1.54) is 24.3 Å². The van der Waals surface area contributed by atoms with Crippen molar-refractivity contribution in [3.63, 3.8) is 0 Å². The SMILES string of the molecule is C=CCCCCOc1cccc(NC(=O)Oc2ccc([N+](=O)[O-])cc2)c1. The molecular formula is C19H20N2O5. The van der Waals surface area contributed by atoms with E-state index in [0.29, 0.717) is 18.0 Å². The monoisotopic (exact) mass is 356 g/mol. The number of anilines is 1. The van der Waals surface area contributed by atoms with Crippen molar-refractivity contribution < 1.29 is 19.2 Å². The summed E-state index contributed by atoms with van der Waals surface area (Å²) in [4.78, 5) is 22.0. The highest BCUT2D eigenvalue weighted by Gasteiger charge is 2.09. The number of amides is 1. The highest BCUT2D eigenvalue weighted by atomic mass is 16.6. The van der Waals surface area contributed by atoms with Gasteiger partial charge < -0.3 is 9.47 Å². The Balaban J connectivity index is 1.85. The van der Waals surface area contributed by atoms with Gasteiger partial charge in [-0.3, -0.25) is 15.4 Å². The number of hydrogen-bond acceptors (Lipinski definition) is 5. The highest BCUT2D eigenvalue weighted by molar-refractivity contribution is 5.86. The Kier molecular flexibility index (Phi) is 7.17. The molecule has 0 aliphatic heterocycles. The summed E-state index contributed by atoms with van der Waals surface area (Å²) in [5.74, 6) is 0.861. The van der Waals surface area contributed by atoms with Gasteiger partial charge in [-0.2, -0.15) is 0 Å². The van der Waals surface area contributed by atoms with Crippen LogP contribution in [0.25, 0.3) is 0 Å². The summed E-state index contributed by atoms with van der Waals surface area (Å²) in [5.41, 5.74) is 0.455. The lowest BCUT2D eigenvalue weighted by Gasteiger charge is -2.09. The Bertz CT molecular complexity index is 759. The van der Waals surface area contributed by atoms with E-state index in [4.69, 9.17) is 9.47 Å². The first kappa shape index (κ1) is 19.0. The molecule has 0 fully saturated rings. The minimum atomic E-state index is -0.693. The zero-order chi connectivity index (χ0) is 18.8. The second-order valence-corrected chi connectivity index (χ2v) is 5.43. The second-order valence-electron chi connectivity index (χ2n) is 5.43. The number of non-ortho nitro benzene ring substituents is 1. The van der Waals surface area contributed by atoms with Crippen LogP contribution in [0.1, 0.15) is 19.3 Å². The summed E-state index contributed by atoms with van der Waals surface area (Å²) < 4.78 is 10.7. The number of carbonyl (C=O) groups excluding carboxylic acids is 1. The van der Waals surface area contributed by atoms with Crippen LogP contribution < -0.4 is 14.8 Å². The van der Waals surface area contributed by atoms with E-state index in [2.05, 4.69) is 11.9 Å².